The van der Waals surface area contributed by atoms with Crippen molar-refractivity contribution in [1.29, 1.82) is 0 Å². The molecule has 0 aromatic rings. The number of aliphatic hydroxyl groups is 1. The summed E-state index contributed by atoms with van der Waals surface area (Å²) in [6.45, 7) is 28.7. The summed E-state index contributed by atoms with van der Waals surface area (Å²) in [6, 6.07) is 0. The van der Waals surface area contributed by atoms with Gasteiger partial charge in [-0.3, -0.25) is 14.4 Å². The van der Waals surface area contributed by atoms with E-state index in [2.05, 4.69) is 0 Å². The maximum atomic E-state index is 13.6. The number of rotatable bonds is 6. The van der Waals surface area contributed by atoms with Crippen LogP contribution in [0.3, 0.4) is 0 Å². The molecule has 1 N–H and O–H groups in total. The van der Waals surface area contributed by atoms with Gasteiger partial charge in [-0.25, -0.2) is 27.6 Å². The van der Waals surface area contributed by atoms with Gasteiger partial charge in [0.25, 0.3) is 0 Å². The topological polar surface area (TPSA) is 211 Å². The zero-order valence-corrected chi connectivity index (χ0v) is 44.9. The molecule has 3 aliphatic heterocycles. The van der Waals surface area contributed by atoms with Crippen molar-refractivity contribution >= 4 is 36.2 Å². The Morgan fingerprint density at radius 1 is 0.485 bits per heavy atom. The van der Waals surface area contributed by atoms with E-state index >= 15 is 0 Å². The number of carbonyl (C=O) groups is 6. The number of alkyl halides is 3. The Labute approximate surface area is 413 Å². The van der Waals surface area contributed by atoms with Crippen molar-refractivity contribution in [3.8, 4) is 0 Å². The minimum atomic E-state index is -1.23. The number of esters is 3. The summed E-state index contributed by atoms with van der Waals surface area (Å²) in [6.07, 6.45) is -5.17. The minimum absolute atomic E-state index is 0. The molecular weight excluding hydrogens is 886 g/mol. The maximum absolute atomic E-state index is 13.6. The van der Waals surface area contributed by atoms with Gasteiger partial charge in [0.05, 0.1) is 57.2 Å². The van der Waals surface area contributed by atoms with Gasteiger partial charge in [0.1, 0.15) is 35.3 Å². The molecular formula is C45H81F3N3NaO14. The van der Waals surface area contributed by atoms with Crippen molar-refractivity contribution < 1.29 is 110 Å². The predicted octanol–water partition coefficient (Wildman–Crippen LogP) is 3.58. The standard InChI is InChI=1S/3C13H22FNO4.C4H9O.C2H6O.Na/c3*1-5-18-11(16)9-6-10(14)8-15(7-9)12(17)19-13(2,3)4;1-4(2,3)5;1-2-3;/h3*9-10H,5-8H2,1-4H3;1-3H3;3H,2H2,1H3;/q;;;-1;;+1. The third-order valence-corrected chi connectivity index (χ3v) is 8.01. The van der Waals surface area contributed by atoms with Crippen molar-refractivity contribution in [2.45, 2.75) is 171 Å². The predicted molar refractivity (Wildman–Crippen MR) is 235 cm³/mol. The van der Waals surface area contributed by atoms with Crippen molar-refractivity contribution in [3.63, 3.8) is 0 Å². The van der Waals surface area contributed by atoms with Gasteiger partial charge in [0, 0.05) is 26.2 Å². The molecule has 17 nitrogen and oxygen atoms in total. The van der Waals surface area contributed by atoms with E-state index in [9.17, 15) is 47.0 Å². The zero-order valence-electron chi connectivity index (χ0n) is 42.9. The normalized spacial score (nSPS) is 21.9. The summed E-state index contributed by atoms with van der Waals surface area (Å²) in [4.78, 5) is 74.2. The van der Waals surface area contributed by atoms with Crippen LogP contribution in [0.2, 0.25) is 0 Å². The molecule has 0 aromatic heterocycles. The molecule has 66 heavy (non-hydrogen) atoms. The van der Waals surface area contributed by atoms with Crippen LogP contribution < -0.4 is 34.7 Å². The molecule has 3 heterocycles. The number of amides is 3. The molecule has 21 heteroatoms. The average Bonchev–Trinajstić information content (AvgIpc) is 3.12. The van der Waals surface area contributed by atoms with Crippen molar-refractivity contribution in [1.82, 2.24) is 14.7 Å². The van der Waals surface area contributed by atoms with Gasteiger partial charge >= 0.3 is 65.7 Å². The van der Waals surface area contributed by atoms with Gasteiger partial charge in [-0.05, 0) is 109 Å². The summed E-state index contributed by atoms with van der Waals surface area (Å²) >= 11 is 0. The van der Waals surface area contributed by atoms with E-state index in [0.29, 0.717) is 0 Å². The Bertz CT molecular complexity index is 1290. The molecule has 0 radical (unpaired) electrons. The monoisotopic (exact) mass is 968 g/mol. The fourth-order valence-electron chi connectivity index (χ4n) is 5.83. The van der Waals surface area contributed by atoms with E-state index in [-0.39, 0.29) is 115 Å². The first-order chi connectivity index (χ1) is 29.6. The van der Waals surface area contributed by atoms with Crippen LogP contribution in [-0.4, -0.2) is 163 Å². The Morgan fingerprint density at radius 3 is 0.818 bits per heavy atom. The summed E-state index contributed by atoms with van der Waals surface area (Å²) in [5.41, 5.74) is -2.67. The van der Waals surface area contributed by atoms with Crippen LogP contribution in [0.25, 0.3) is 0 Å². The third-order valence-electron chi connectivity index (χ3n) is 8.01. The second-order valence-electron chi connectivity index (χ2n) is 19.4. The summed E-state index contributed by atoms with van der Waals surface area (Å²) in [7, 11) is 0. The SMILES string of the molecule is CC(C)(C)[O-].CCO.CCOC(=O)C1CC(F)CN(C(=O)OC(C)(C)C)C1.CCOC(=O)C1CC(F)CN(C(=O)OC(C)(C)C)C1.CCOC(=O)C1CC(F)CN(C(=O)OC(C)(C)C)C1.[Na+]. The van der Waals surface area contributed by atoms with Crippen LogP contribution >= 0.6 is 0 Å². The van der Waals surface area contributed by atoms with E-state index in [0.717, 1.165) is 0 Å². The smallest absolute Gasteiger partial charge is 0.850 e. The first-order valence-electron chi connectivity index (χ1n) is 22.3. The van der Waals surface area contributed by atoms with Crippen LogP contribution in [0.1, 0.15) is 130 Å². The van der Waals surface area contributed by atoms with Crippen molar-refractivity contribution in [2.24, 2.45) is 17.8 Å². The zero-order chi connectivity index (χ0) is 51.1. The minimum Gasteiger partial charge on any atom is -0.850 e. The second-order valence-corrected chi connectivity index (χ2v) is 19.4. The first-order valence-corrected chi connectivity index (χ1v) is 22.3. The van der Waals surface area contributed by atoms with Gasteiger partial charge in [-0.1, -0.05) is 20.8 Å². The number of likely N-dealkylation sites (tertiary alicyclic amines) is 3. The molecule has 3 rings (SSSR count). The van der Waals surface area contributed by atoms with E-state index < -0.39 is 94.9 Å². The number of hydrogen-bond acceptors (Lipinski definition) is 14. The molecule has 0 spiro atoms. The Kier molecular flexibility index (Phi) is 32.5. The molecule has 0 bridgehead atoms. The Hall–Kier alpha value is -3.07. The molecule has 0 saturated carbocycles. The van der Waals surface area contributed by atoms with Gasteiger partial charge in [-0.2, -0.15) is 0 Å². The quantitative estimate of drug-likeness (QED) is 0.229. The molecule has 3 amide bonds. The number of aliphatic hydroxyl groups excluding tert-OH is 1. The van der Waals surface area contributed by atoms with Crippen LogP contribution in [-0.2, 0) is 42.8 Å². The van der Waals surface area contributed by atoms with Crippen LogP contribution in [0.5, 0.6) is 0 Å². The van der Waals surface area contributed by atoms with Crippen molar-refractivity contribution in [2.75, 3.05) is 65.7 Å². The number of halogens is 3. The summed E-state index contributed by atoms with van der Waals surface area (Å²) < 4.78 is 71.0. The van der Waals surface area contributed by atoms with E-state index in [1.807, 2.05) is 0 Å². The maximum Gasteiger partial charge on any atom is 1.00 e. The van der Waals surface area contributed by atoms with Crippen molar-refractivity contribution in [3.05, 3.63) is 0 Å². The van der Waals surface area contributed by atoms with E-state index in [4.69, 9.17) is 33.5 Å². The summed E-state index contributed by atoms with van der Waals surface area (Å²) in [5.74, 6) is -3.22. The fraction of sp³-hybridized carbons (Fsp3) is 0.867. The molecule has 3 saturated heterocycles. The molecule has 3 fully saturated rings. The second kappa shape index (κ2) is 31.9. The Morgan fingerprint density at radius 2 is 0.667 bits per heavy atom. The molecule has 0 aliphatic carbocycles. The number of ether oxygens (including phenoxy) is 6. The third kappa shape index (κ3) is 33.4. The largest absolute Gasteiger partial charge is 1.00 e. The average molecular weight is 968 g/mol. The first kappa shape index (κ1) is 67.2. The van der Waals surface area contributed by atoms with E-state index in [1.54, 1.807) is 111 Å². The van der Waals surface area contributed by atoms with Gasteiger partial charge in [0.15, 0.2) is 0 Å². The molecule has 3 aliphatic rings. The van der Waals surface area contributed by atoms with Gasteiger partial charge in [0.2, 0.25) is 0 Å². The number of nitrogens with zero attached hydrogens (tertiary/aromatic N) is 3. The van der Waals surface area contributed by atoms with Crippen LogP contribution in [0.4, 0.5) is 27.6 Å². The number of piperidine rings is 3. The molecule has 382 valence electrons. The molecule has 0 aromatic carbocycles. The van der Waals surface area contributed by atoms with Gasteiger partial charge in [-0.15, -0.1) is 5.60 Å². The summed E-state index contributed by atoms with van der Waals surface area (Å²) in [5, 5.41) is 17.7. The van der Waals surface area contributed by atoms with Crippen LogP contribution in [0.15, 0.2) is 0 Å². The number of hydrogen-bond donors (Lipinski definition) is 1. The molecule has 6 atom stereocenters. The molecule has 6 unspecified atom stereocenters. The van der Waals surface area contributed by atoms with Gasteiger partial charge < -0.3 is 53.3 Å². The fourth-order valence-corrected chi connectivity index (χ4v) is 5.83. The van der Waals surface area contributed by atoms with E-state index in [1.165, 1.54) is 14.7 Å². The Balaban J connectivity index is -0.000000825. The van der Waals surface area contributed by atoms with Crippen LogP contribution in [0, 0.1) is 17.8 Å². The number of carbonyl (C=O) groups excluding carboxylic acids is 6.